The van der Waals surface area contributed by atoms with E-state index >= 15 is 0 Å². The predicted octanol–water partition coefficient (Wildman–Crippen LogP) is 1.44. The number of ether oxygens (including phenoxy) is 1. The van der Waals surface area contributed by atoms with Crippen LogP contribution in [0.3, 0.4) is 0 Å². The smallest absolute Gasteiger partial charge is 0.0589 e. The molecule has 1 rings (SSSR count). The van der Waals surface area contributed by atoms with Gasteiger partial charge in [0.15, 0.2) is 0 Å². The Morgan fingerprint density at radius 3 is 2.60 bits per heavy atom. The second kappa shape index (κ2) is 6.46. The minimum atomic E-state index is 0.684. The summed E-state index contributed by atoms with van der Waals surface area (Å²) < 4.78 is 5.16. The second-order valence-corrected chi connectivity index (χ2v) is 4.68. The Kier molecular flexibility index (Phi) is 5.58. The molecule has 0 bridgehead atoms. The highest BCUT2D eigenvalue weighted by Gasteiger charge is 2.26. The van der Waals surface area contributed by atoms with Gasteiger partial charge in [0.2, 0.25) is 0 Å². The zero-order chi connectivity index (χ0) is 11.3. The van der Waals surface area contributed by atoms with E-state index < -0.39 is 0 Å². The van der Waals surface area contributed by atoms with E-state index in [9.17, 15) is 0 Å². The van der Waals surface area contributed by atoms with Crippen LogP contribution in [0.1, 0.15) is 27.2 Å². The van der Waals surface area contributed by atoms with E-state index in [0.717, 1.165) is 19.2 Å². The third-order valence-corrected chi connectivity index (χ3v) is 3.42. The fraction of sp³-hybridized carbons (Fsp3) is 1.00. The molecule has 1 unspecified atom stereocenters. The van der Waals surface area contributed by atoms with Gasteiger partial charge in [-0.25, -0.2) is 0 Å². The summed E-state index contributed by atoms with van der Waals surface area (Å²) >= 11 is 0. The van der Waals surface area contributed by atoms with Crippen LogP contribution in [-0.4, -0.2) is 61.8 Å². The molecular weight excluding hydrogens is 188 g/mol. The van der Waals surface area contributed by atoms with Crippen molar-refractivity contribution in [2.75, 3.05) is 39.9 Å². The SMILES string of the molecule is CCC1CN(C(C)C)CCN1CCOC. The van der Waals surface area contributed by atoms with Gasteiger partial charge >= 0.3 is 0 Å². The Balaban J connectivity index is 2.41. The molecule has 1 saturated heterocycles. The second-order valence-electron chi connectivity index (χ2n) is 4.68. The number of hydrogen-bond acceptors (Lipinski definition) is 3. The molecule has 0 amide bonds. The monoisotopic (exact) mass is 214 g/mol. The molecule has 1 aliphatic rings. The molecule has 15 heavy (non-hydrogen) atoms. The van der Waals surface area contributed by atoms with Crippen molar-refractivity contribution >= 4 is 0 Å². The van der Waals surface area contributed by atoms with Crippen LogP contribution in [0, 0.1) is 0 Å². The van der Waals surface area contributed by atoms with Crippen LogP contribution >= 0.6 is 0 Å². The quantitative estimate of drug-likeness (QED) is 0.689. The van der Waals surface area contributed by atoms with E-state index in [1.807, 2.05) is 0 Å². The number of methoxy groups -OCH3 is 1. The van der Waals surface area contributed by atoms with E-state index in [1.165, 1.54) is 26.1 Å². The summed E-state index contributed by atoms with van der Waals surface area (Å²) in [6, 6.07) is 1.40. The van der Waals surface area contributed by atoms with Crippen molar-refractivity contribution in [2.24, 2.45) is 0 Å². The van der Waals surface area contributed by atoms with Crippen molar-refractivity contribution in [1.29, 1.82) is 0 Å². The van der Waals surface area contributed by atoms with Crippen molar-refractivity contribution in [2.45, 2.75) is 39.3 Å². The summed E-state index contributed by atoms with van der Waals surface area (Å²) in [6.45, 7) is 12.4. The van der Waals surface area contributed by atoms with Crippen LogP contribution in [0.5, 0.6) is 0 Å². The fourth-order valence-corrected chi connectivity index (χ4v) is 2.28. The summed E-state index contributed by atoms with van der Waals surface area (Å²) in [5.74, 6) is 0. The predicted molar refractivity (Wildman–Crippen MR) is 64.2 cm³/mol. The van der Waals surface area contributed by atoms with Gasteiger partial charge in [-0.3, -0.25) is 9.80 Å². The van der Waals surface area contributed by atoms with Gasteiger partial charge in [-0.1, -0.05) is 6.92 Å². The Bertz CT molecular complexity index is 173. The molecule has 0 spiro atoms. The number of rotatable bonds is 5. The summed E-state index contributed by atoms with van der Waals surface area (Å²) in [5, 5.41) is 0. The van der Waals surface area contributed by atoms with Gasteiger partial charge in [0.05, 0.1) is 6.61 Å². The fourth-order valence-electron chi connectivity index (χ4n) is 2.28. The number of piperazine rings is 1. The van der Waals surface area contributed by atoms with Gasteiger partial charge in [-0.2, -0.15) is 0 Å². The summed E-state index contributed by atoms with van der Waals surface area (Å²) in [6.07, 6.45) is 1.24. The highest BCUT2D eigenvalue weighted by molar-refractivity contribution is 4.82. The standard InChI is InChI=1S/C12H26N2O/c1-5-12-10-14(11(2)3)7-6-13(12)8-9-15-4/h11-12H,5-10H2,1-4H3. The molecule has 1 aliphatic heterocycles. The van der Waals surface area contributed by atoms with Crippen LogP contribution in [0.25, 0.3) is 0 Å². The molecule has 0 aromatic rings. The van der Waals surface area contributed by atoms with E-state index in [2.05, 4.69) is 30.6 Å². The van der Waals surface area contributed by atoms with E-state index in [1.54, 1.807) is 7.11 Å². The highest BCUT2D eigenvalue weighted by Crippen LogP contribution is 2.14. The third kappa shape index (κ3) is 3.74. The molecule has 0 N–H and O–H groups in total. The lowest BCUT2D eigenvalue weighted by atomic mass is 10.1. The molecule has 1 atom stereocenters. The zero-order valence-electron chi connectivity index (χ0n) is 10.7. The Labute approximate surface area is 94.4 Å². The van der Waals surface area contributed by atoms with Crippen molar-refractivity contribution in [3.63, 3.8) is 0 Å². The van der Waals surface area contributed by atoms with Crippen LogP contribution in [0.15, 0.2) is 0 Å². The number of hydrogen-bond donors (Lipinski definition) is 0. The molecular formula is C12H26N2O. The van der Waals surface area contributed by atoms with Gasteiger partial charge < -0.3 is 4.74 Å². The summed E-state index contributed by atoms with van der Waals surface area (Å²) in [4.78, 5) is 5.15. The van der Waals surface area contributed by atoms with Crippen molar-refractivity contribution in [3.8, 4) is 0 Å². The topological polar surface area (TPSA) is 15.7 Å². The molecule has 0 saturated carbocycles. The highest BCUT2D eigenvalue weighted by atomic mass is 16.5. The molecule has 1 heterocycles. The Morgan fingerprint density at radius 2 is 2.07 bits per heavy atom. The lowest BCUT2D eigenvalue weighted by Gasteiger charge is -2.42. The van der Waals surface area contributed by atoms with E-state index in [-0.39, 0.29) is 0 Å². The molecule has 3 nitrogen and oxygen atoms in total. The minimum Gasteiger partial charge on any atom is -0.383 e. The Morgan fingerprint density at radius 1 is 1.33 bits per heavy atom. The van der Waals surface area contributed by atoms with Crippen LogP contribution in [0.2, 0.25) is 0 Å². The molecule has 0 aromatic carbocycles. The van der Waals surface area contributed by atoms with Gasteiger partial charge in [-0.05, 0) is 20.3 Å². The first-order valence-electron chi connectivity index (χ1n) is 6.16. The van der Waals surface area contributed by atoms with Crippen LogP contribution in [0.4, 0.5) is 0 Å². The molecule has 0 aromatic heterocycles. The summed E-state index contributed by atoms with van der Waals surface area (Å²) in [7, 11) is 1.78. The normalized spacial score (nSPS) is 25.0. The average molecular weight is 214 g/mol. The maximum Gasteiger partial charge on any atom is 0.0589 e. The third-order valence-electron chi connectivity index (χ3n) is 3.42. The molecule has 0 aliphatic carbocycles. The largest absolute Gasteiger partial charge is 0.383 e. The lowest BCUT2D eigenvalue weighted by molar-refractivity contribution is 0.0369. The molecule has 0 radical (unpaired) electrons. The minimum absolute atomic E-state index is 0.684. The van der Waals surface area contributed by atoms with Gasteiger partial charge in [0.1, 0.15) is 0 Å². The van der Waals surface area contributed by atoms with Crippen molar-refractivity contribution in [1.82, 2.24) is 9.80 Å². The van der Waals surface area contributed by atoms with Crippen molar-refractivity contribution < 1.29 is 4.74 Å². The van der Waals surface area contributed by atoms with E-state index in [4.69, 9.17) is 4.74 Å². The van der Waals surface area contributed by atoms with Gasteiger partial charge in [0, 0.05) is 45.4 Å². The summed E-state index contributed by atoms with van der Waals surface area (Å²) in [5.41, 5.74) is 0. The lowest BCUT2D eigenvalue weighted by Crippen LogP contribution is -2.55. The Hall–Kier alpha value is -0.120. The first kappa shape index (κ1) is 12.9. The molecule has 90 valence electrons. The zero-order valence-corrected chi connectivity index (χ0v) is 10.7. The molecule has 1 fully saturated rings. The van der Waals surface area contributed by atoms with Crippen LogP contribution < -0.4 is 0 Å². The van der Waals surface area contributed by atoms with E-state index in [0.29, 0.717) is 6.04 Å². The first-order chi connectivity index (χ1) is 7.19. The van der Waals surface area contributed by atoms with Gasteiger partial charge in [0.25, 0.3) is 0 Å². The van der Waals surface area contributed by atoms with Crippen molar-refractivity contribution in [3.05, 3.63) is 0 Å². The molecule has 3 heteroatoms. The van der Waals surface area contributed by atoms with Gasteiger partial charge in [-0.15, -0.1) is 0 Å². The van der Waals surface area contributed by atoms with Crippen LogP contribution in [-0.2, 0) is 4.74 Å². The first-order valence-corrected chi connectivity index (χ1v) is 6.16. The average Bonchev–Trinajstić information content (AvgIpc) is 2.25. The number of nitrogens with zero attached hydrogens (tertiary/aromatic N) is 2. The maximum absolute atomic E-state index is 5.16. The maximum atomic E-state index is 5.16.